The maximum Gasteiger partial charge on any atom is 0.416 e. The number of aromatic nitrogens is 1. The van der Waals surface area contributed by atoms with Crippen molar-refractivity contribution in [1.82, 2.24) is 9.47 Å². The van der Waals surface area contributed by atoms with Gasteiger partial charge in [-0.05, 0) is 23.8 Å². The Bertz CT molecular complexity index is 646. The van der Waals surface area contributed by atoms with Crippen molar-refractivity contribution in [2.75, 3.05) is 7.05 Å². The molecule has 1 aromatic heterocycles. The summed E-state index contributed by atoms with van der Waals surface area (Å²) < 4.78 is 40.4. The maximum atomic E-state index is 12.9. The van der Waals surface area contributed by atoms with Crippen LogP contribution in [0.1, 0.15) is 21.6 Å². The minimum absolute atomic E-state index is 0.0788. The fourth-order valence-electron chi connectivity index (χ4n) is 2.14. The van der Waals surface area contributed by atoms with Crippen molar-refractivity contribution < 1.29 is 18.0 Å². The van der Waals surface area contributed by atoms with Crippen molar-refractivity contribution >= 4 is 5.91 Å². The Balaban J connectivity index is 2.23. The van der Waals surface area contributed by atoms with Gasteiger partial charge in [0.1, 0.15) is 5.69 Å². The fraction of sp³-hybridized carbons (Fsp3) is 0.267. The molecule has 21 heavy (non-hydrogen) atoms. The molecule has 0 unspecified atom stereocenters. The molecule has 1 heterocycles. The van der Waals surface area contributed by atoms with E-state index in [0.717, 1.165) is 6.07 Å². The van der Waals surface area contributed by atoms with Crippen molar-refractivity contribution in [3.63, 3.8) is 0 Å². The van der Waals surface area contributed by atoms with Gasteiger partial charge < -0.3 is 9.47 Å². The fourth-order valence-corrected chi connectivity index (χ4v) is 2.14. The lowest BCUT2D eigenvalue weighted by atomic mass is 10.1. The summed E-state index contributed by atoms with van der Waals surface area (Å²) in [5.41, 5.74) is -0.200. The van der Waals surface area contributed by atoms with E-state index in [-0.39, 0.29) is 18.0 Å². The predicted octanol–water partition coefficient (Wildman–Crippen LogP) is 3.32. The molecule has 0 saturated carbocycles. The van der Waals surface area contributed by atoms with Crippen LogP contribution in [0.3, 0.4) is 0 Å². The Kier molecular flexibility index (Phi) is 4.06. The smallest absolute Gasteiger partial charge is 0.347 e. The molecule has 0 aliphatic heterocycles. The van der Waals surface area contributed by atoms with Gasteiger partial charge in [0.25, 0.3) is 5.91 Å². The summed E-state index contributed by atoms with van der Waals surface area (Å²) in [5.74, 6) is -0.320. The minimum Gasteiger partial charge on any atom is -0.347 e. The van der Waals surface area contributed by atoms with Crippen LogP contribution in [0.2, 0.25) is 0 Å². The first-order valence-corrected chi connectivity index (χ1v) is 6.32. The zero-order valence-electron chi connectivity index (χ0n) is 11.7. The summed E-state index contributed by atoms with van der Waals surface area (Å²) in [6.45, 7) is -0.0975. The van der Waals surface area contributed by atoms with E-state index in [2.05, 4.69) is 0 Å². The first-order chi connectivity index (χ1) is 9.80. The number of hydrogen-bond acceptors (Lipinski definition) is 1. The van der Waals surface area contributed by atoms with Crippen molar-refractivity contribution in [2.45, 2.75) is 12.7 Å². The third-order valence-corrected chi connectivity index (χ3v) is 3.24. The first-order valence-electron chi connectivity index (χ1n) is 6.32. The number of carbonyl (C=O) groups is 1. The van der Waals surface area contributed by atoms with Crippen LogP contribution < -0.4 is 0 Å². The van der Waals surface area contributed by atoms with Gasteiger partial charge in [-0.15, -0.1) is 0 Å². The van der Waals surface area contributed by atoms with E-state index in [0.29, 0.717) is 5.69 Å². The second-order valence-corrected chi connectivity index (χ2v) is 4.82. The molecule has 1 aromatic carbocycles. The number of aryl methyl sites for hydroxylation is 1. The molecule has 2 rings (SSSR count). The number of hydrogen-bond donors (Lipinski definition) is 0. The largest absolute Gasteiger partial charge is 0.416 e. The molecular formula is C15H15F3N2O. The summed E-state index contributed by atoms with van der Waals surface area (Å²) in [4.78, 5) is 13.5. The zero-order valence-corrected chi connectivity index (χ0v) is 11.7. The predicted molar refractivity (Wildman–Crippen MR) is 72.7 cm³/mol. The van der Waals surface area contributed by atoms with Gasteiger partial charge in [-0.25, -0.2) is 0 Å². The van der Waals surface area contributed by atoms with Crippen molar-refractivity contribution in [3.05, 3.63) is 59.4 Å². The topological polar surface area (TPSA) is 25.2 Å². The van der Waals surface area contributed by atoms with E-state index in [9.17, 15) is 18.0 Å². The Hall–Kier alpha value is -2.24. The highest BCUT2D eigenvalue weighted by Gasteiger charge is 2.33. The molecule has 0 spiro atoms. The Morgan fingerprint density at radius 1 is 1.19 bits per heavy atom. The first kappa shape index (κ1) is 15.2. The number of nitrogens with zero attached hydrogens (tertiary/aromatic N) is 2. The number of benzene rings is 1. The highest BCUT2D eigenvalue weighted by molar-refractivity contribution is 5.92. The van der Waals surface area contributed by atoms with Crippen LogP contribution in [0, 0.1) is 0 Å². The Labute approximate surface area is 120 Å². The van der Waals surface area contributed by atoms with E-state index in [1.54, 1.807) is 29.9 Å². The van der Waals surface area contributed by atoms with Crippen molar-refractivity contribution in [2.24, 2.45) is 7.05 Å². The van der Waals surface area contributed by atoms with Crippen molar-refractivity contribution in [1.29, 1.82) is 0 Å². The highest BCUT2D eigenvalue weighted by Crippen LogP contribution is 2.32. The quantitative estimate of drug-likeness (QED) is 0.853. The second kappa shape index (κ2) is 5.63. The summed E-state index contributed by atoms with van der Waals surface area (Å²) in [6.07, 6.45) is -2.71. The number of rotatable bonds is 3. The lowest BCUT2D eigenvalue weighted by Gasteiger charge is -2.20. The van der Waals surface area contributed by atoms with Crippen LogP contribution in [0.5, 0.6) is 0 Å². The summed E-state index contributed by atoms with van der Waals surface area (Å²) in [7, 11) is 3.20. The zero-order chi connectivity index (χ0) is 15.6. The summed E-state index contributed by atoms with van der Waals surface area (Å²) in [5, 5.41) is 0. The Morgan fingerprint density at radius 2 is 1.86 bits per heavy atom. The third kappa shape index (κ3) is 3.26. The molecule has 0 fully saturated rings. The van der Waals surface area contributed by atoms with Gasteiger partial charge in [0.05, 0.1) is 5.56 Å². The molecule has 0 saturated heterocycles. The molecular weight excluding hydrogens is 281 g/mol. The summed E-state index contributed by atoms with van der Waals surface area (Å²) >= 11 is 0. The van der Waals surface area contributed by atoms with Gasteiger partial charge in [-0.3, -0.25) is 4.79 Å². The molecule has 112 valence electrons. The number of alkyl halides is 3. The molecule has 0 N–H and O–H groups in total. The van der Waals surface area contributed by atoms with Crippen LogP contribution in [-0.4, -0.2) is 22.4 Å². The van der Waals surface area contributed by atoms with Gasteiger partial charge in [0, 0.05) is 26.8 Å². The van der Waals surface area contributed by atoms with E-state index in [1.165, 1.54) is 30.1 Å². The lowest BCUT2D eigenvalue weighted by molar-refractivity contribution is -0.138. The SMILES string of the molecule is CN(Cc1ccccc1C(F)(F)F)C(=O)c1cccn1C. The molecule has 0 bridgehead atoms. The number of halogens is 3. The molecule has 0 atom stereocenters. The molecule has 6 heteroatoms. The average Bonchev–Trinajstić information content (AvgIpc) is 2.83. The minimum atomic E-state index is -4.43. The van der Waals surface area contributed by atoms with Crippen LogP contribution in [-0.2, 0) is 19.8 Å². The van der Waals surface area contributed by atoms with Gasteiger partial charge in [-0.2, -0.15) is 13.2 Å². The molecule has 3 nitrogen and oxygen atoms in total. The normalized spacial score (nSPS) is 11.5. The van der Waals surface area contributed by atoms with E-state index < -0.39 is 11.7 Å². The molecule has 2 aromatic rings. The molecule has 0 aliphatic carbocycles. The van der Waals surface area contributed by atoms with E-state index in [1.807, 2.05) is 0 Å². The molecule has 0 radical (unpaired) electrons. The number of amides is 1. The number of carbonyl (C=O) groups excluding carboxylic acids is 1. The monoisotopic (exact) mass is 296 g/mol. The van der Waals surface area contributed by atoms with Gasteiger partial charge in [-0.1, -0.05) is 18.2 Å². The van der Waals surface area contributed by atoms with E-state index >= 15 is 0 Å². The third-order valence-electron chi connectivity index (χ3n) is 3.24. The lowest BCUT2D eigenvalue weighted by Crippen LogP contribution is -2.28. The second-order valence-electron chi connectivity index (χ2n) is 4.82. The van der Waals surface area contributed by atoms with Gasteiger partial charge in [0.15, 0.2) is 0 Å². The van der Waals surface area contributed by atoms with Crippen LogP contribution in [0.4, 0.5) is 13.2 Å². The van der Waals surface area contributed by atoms with Crippen molar-refractivity contribution in [3.8, 4) is 0 Å². The van der Waals surface area contributed by atoms with Gasteiger partial charge >= 0.3 is 6.18 Å². The standard InChI is InChI=1S/C15H15F3N2O/c1-19-9-5-8-13(19)14(21)20(2)10-11-6-3-4-7-12(11)15(16,17)18/h3-9H,10H2,1-2H3. The summed E-state index contributed by atoms with van der Waals surface area (Å²) in [6, 6.07) is 8.63. The van der Waals surface area contributed by atoms with Crippen LogP contribution in [0.25, 0.3) is 0 Å². The molecule has 0 aliphatic rings. The van der Waals surface area contributed by atoms with Crippen LogP contribution in [0.15, 0.2) is 42.6 Å². The molecule has 1 amide bonds. The maximum absolute atomic E-state index is 12.9. The van der Waals surface area contributed by atoms with Crippen LogP contribution >= 0.6 is 0 Å². The average molecular weight is 296 g/mol. The van der Waals surface area contributed by atoms with E-state index in [4.69, 9.17) is 0 Å². The van der Waals surface area contributed by atoms with Gasteiger partial charge in [0.2, 0.25) is 0 Å². The highest BCUT2D eigenvalue weighted by atomic mass is 19.4. The Morgan fingerprint density at radius 3 is 2.43 bits per heavy atom.